The van der Waals surface area contributed by atoms with Gasteiger partial charge in [-0.05, 0) is 43.5 Å². The van der Waals surface area contributed by atoms with Gasteiger partial charge in [0.1, 0.15) is 11.5 Å². The summed E-state index contributed by atoms with van der Waals surface area (Å²) in [5.41, 5.74) is 2.11. The summed E-state index contributed by atoms with van der Waals surface area (Å²) >= 11 is 0. The molecule has 1 unspecified atom stereocenters. The summed E-state index contributed by atoms with van der Waals surface area (Å²) < 4.78 is 10.2. The van der Waals surface area contributed by atoms with E-state index in [1.54, 1.807) is 38.4 Å². The average Bonchev–Trinajstić information content (AvgIpc) is 3.31. The number of H-pyrrole nitrogens is 1. The fourth-order valence-electron chi connectivity index (χ4n) is 4.84. The molecule has 0 bridgehead atoms. The Kier molecular flexibility index (Phi) is 7.32. The molecule has 35 heavy (non-hydrogen) atoms. The van der Waals surface area contributed by atoms with Gasteiger partial charge in [0.15, 0.2) is 0 Å². The van der Waals surface area contributed by atoms with Crippen molar-refractivity contribution in [2.45, 2.75) is 26.3 Å². The molecule has 4 heterocycles. The Balaban J connectivity index is 1.72. The molecule has 2 fully saturated rings. The van der Waals surface area contributed by atoms with Crippen molar-refractivity contribution in [1.82, 2.24) is 19.8 Å². The van der Waals surface area contributed by atoms with Crippen molar-refractivity contribution in [2.24, 2.45) is 0 Å². The predicted molar refractivity (Wildman–Crippen MR) is 127 cm³/mol. The summed E-state index contributed by atoms with van der Waals surface area (Å²) in [4.78, 5) is 49.3. The number of pyridine rings is 1. The lowest BCUT2D eigenvalue weighted by Gasteiger charge is -2.29. The van der Waals surface area contributed by atoms with Crippen LogP contribution in [-0.2, 0) is 19.1 Å². The Hall–Kier alpha value is -3.50. The molecule has 2 aliphatic heterocycles. The van der Waals surface area contributed by atoms with E-state index in [-0.39, 0.29) is 17.0 Å². The minimum Gasteiger partial charge on any atom is -0.507 e. The Labute approximate surface area is 203 Å². The van der Waals surface area contributed by atoms with Gasteiger partial charge in [-0.2, -0.15) is 0 Å². The molecule has 10 heteroatoms. The monoisotopic (exact) mass is 482 g/mol. The number of ether oxygens (including phenoxy) is 2. The molecule has 186 valence electrons. The number of hydrogen-bond acceptors (Lipinski definition) is 8. The van der Waals surface area contributed by atoms with Crippen molar-refractivity contribution in [3.8, 4) is 0 Å². The maximum absolute atomic E-state index is 13.2. The van der Waals surface area contributed by atoms with Gasteiger partial charge in [0.2, 0.25) is 0 Å². The van der Waals surface area contributed by atoms with Gasteiger partial charge in [-0.1, -0.05) is 0 Å². The summed E-state index contributed by atoms with van der Waals surface area (Å²) in [5, 5.41) is 11.4. The zero-order chi connectivity index (χ0) is 25.1. The van der Waals surface area contributed by atoms with Gasteiger partial charge >= 0.3 is 5.97 Å². The van der Waals surface area contributed by atoms with E-state index >= 15 is 0 Å². The van der Waals surface area contributed by atoms with Crippen molar-refractivity contribution in [2.75, 3.05) is 46.5 Å². The normalized spacial score (nSPS) is 20.4. The first kappa shape index (κ1) is 24.6. The van der Waals surface area contributed by atoms with Crippen LogP contribution in [0.5, 0.6) is 0 Å². The standard InChI is InChI=1S/C25H30N4O6/c1-15-18(16(2)27-20(15)25(33)34-3)22(30)19-21(17-5-7-26-8-6-17)29(24(32)23(19)31)10-4-9-28-11-13-35-14-12-28/h5-8,21,27,30H,4,9-14H2,1-3H3/b22-19-. The lowest BCUT2D eigenvalue weighted by atomic mass is 9.94. The largest absolute Gasteiger partial charge is 0.507 e. The smallest absolute Gasteiger partial charge is 0.354 e. The molecule has 10 nitrogen and oxygen atoms in total. The van der Waals surface area contributed by atoms with E-state index in [9.17, 15) is 19.5 Å². The lowest BCUT2D eigenvalue weighted by molar-refractivity contribution is -0.140. The molecule has 2 N–H and O–H groups in total. The molecule has 0 saturated carbocycles. The molecule has 0 aliphatic carbocycles. The Bertz CT molecular complexity index is 1150. The average molecular weight is 483 g/mol. The minimum absolute atomic E-state index is 0.00538. The van der Waals surface area contributed by atoms with Crippen molar-refractivity contribution in [1.29, 1.82) is 0 Å². The molecule has 4 rings (SSSR count). The second-order valence-electron chi connectivity index (χ2n) is 8.70. The molecular weight excluding hydrogens is 452 g/mol. The summed E-state index contributed by atoms with van der Waals surface area (Å²) in [6, 6.07) is 2.70. The molecular formula is C25H30N4O6. The van der Waals surface area contributed by atoms with E-state index in [0.29, 0.717) is 48.6 Å². The topological polar surface area (TPSA) is 125 Å². The van der Waals surface area contributed by atoms with Crippen LogP contribution in [-0.4, -0.2) is 89.0 Å². The number of aromatic nitrogens is 2. The number of Topliss-reactive ketones (excluding diaryl/α,β-unsaturated/α-hetero) is 1. The van der Waals surface area contributed by atoms with Crippen LogP contribution in [0.15, 0.2) is 30.1 Å². The zero-order valence-electron chi connectivity index (χ0n) is 20.2. The number of amides is 1. The number of esters is 1. The number of carbonyl (C=O) groups is 3. The van der Waals surface area contributed by atoms with Crippen LogP contribution >= 0.6 is 0 Å². The number of carbonyl (C=O) groups excluding carboxylic acids is 3. The van der Waals surface area contributed by atoms with E-state index in [4.69, 9.17) is 9.47 Å². The fourth-order valence-corrected chi connectivity index (χ4v) is 4.84. The van der Waals surface area contributed by atoms with Crippen LogP contribution in [0, 0.1) is 13.8 Å². The summed E-state index contributed by atoms with van der Waals surface area (Å²) in [7, 11) is 1.27. The summed E-state index contributed by atoms with van der Waals surface area (Å²) in [5.74, 6) is -2.31. The molecule has 2 aromatic rings. The number of hydrogen-bond donors (Lipinski definition) is 2. The van der Waals surface area contributed by atoms with Gasteiger partial charge in [0.05, 0.1) is 31.9 Å². The number of ketones is 1. The predicted octanol–water partition coefficient (Wildman–Crippen LogP) is 1.96. The number of aryl methyl sites for hydroxylation is 1. The molecule has 0 radical (unpaired) electrons. The van der Waals surface area contributed by atoms with Crippen LogP contribution in [0.4, 0.5) is 0 Å². The third-order valence-corrected chi connectivity index (χ3v) is 6.60. The summed E-state index contributed by atoms with van der Waals surface area (Å²) in [6.07, 6.45) is 3.85. The Morgan fingerprint density at radius 2 is 1.89 bits per heavy atom. The quantitative estimate of drug-likeness (QED) is 0.266. The van der Waals surface area contributed by atoms with Crippen LogP contribution in [0.2, 0.25) is 0 Å². The Morgan fingerprint density at radius 1 is 1.20 bits per heavy atom. The maximum atomic E-state index is 13.2. The van der Waals surface area contributed by atoms with E-state index in [1.165, 1.54) is 12.0 Å². The van der Waals surface area contributed by atoms with Crippen molar-refractivity contribution >= 4 is 23.4 Å². The number of likely N-dealkylation sites (tertiary alicyclic amines) is 1. The highest BCUT2D eigenvalue weighted by atomic mass is 16.5. The second kappa shape index (κ2) is 10.4. The highest BCUT2D eigenvalue weighted by Crippen LogP contribution is 2.40. The first-order valence-electron chi connectivity index (χ1n) is 11.6. The molecule has 0 spiro atoms. The van der Waals surface area contributed by atoms with Gasteiger partial charge in [-0.3, -0.25) is 19.5 Å². The fraction of sp³-hybridized carbons (Fsp3) is 0.440. The van der Waals surface area contributed by atoms with Crippen LogP contribution < -0.4 is 0 Å². The van der Waals surface area contributed by atoms with E-state index in [1.807, 2.05) is 0 Å². The van der Waals surface area contributed by atoms with Crippen LogP contribution in [0.25, 0.3) is 5.76 Å². The molecule has 2 aliphatic rings. The van der Waals surface area contributed by atoms with Crippen LogP contribution in [0.1, 0.15) is 45.3 Å². The van der Waals surface area contributed by atoms with Gasteiger partial charge in [-0.25, -0.2) is 4.79 Å². The van der Waals surface area contributed by atoms with Crippen molar-refractivity contribution in [3.05, 3.63) is 58.2 Å². The van der Waals surface area contributed by atoms with Gasteiger partial charge in [0.25, 0.3) is 11.7 Å². The van der Waals surface area contributed by atoms with Crippen LogP contribution in [0.3, 0.4) is 0 Å². The molecule has 0 aromatic carbocycles. The minimum atomic E-state index is -0.766. The molecule has 2 saturated heterocycles. The third kappa shape index (κ3) is 4.71. The lowest BCUT2D eigenvalue weighted by Crippen LogP contribution is -2.38. The van der Waals surface area contributed by atoms with E-state index in [2.05, 4.69) is 14.9 Å². The number of nitrogens with one attached hydrogen (secondary N) is 1. The van der Waals surface area contributed by atoms with Gasteiger partial charge in [0, 0.05) is 49.8 Å². The number of methoxy groups -OCH3 is 1. The summed E-state index contributed by atoms with van der Waals surface area (Å²) in [6.45, 7) is 7.51. The van der Waals surface area contributed by atoms with Crippen molar-refractivity contribution in [3.63, 3.8) is 0 Å². The zero-order valence-corrected chi connectivity index (χ0v) is 20.2. The first-order chi connectivity index (χ1) is 16.8. The first-order valence-corrected chi connectivity index (χ1v) is 11.6. The molecule has 1 amide bonds. The third-order valence-electron chi connectivity index (χ3n) is 6.60. The number of morpholine rings is 1. The number of nitrogens with zero attached hydrogens (tertiary/aromatic N) is 3. The van der Waals surface area contributed by atoms with Gasteiger partial charge < -0.3 is 24.5 Å². The maximum Gasteiger partial charge on any atom is 0.354 e. The molecule has 1 atom stereocenters. The van der Waals surface area contributed by atoms with Crippen molar-refractivity contribution < 1.29 is 29.0 Å². The number of rotatable bonds is 7. The van der Waals surface area contributed by atoms with Gasteiger partial charge in [-0.15, -0.1) is 0 Å². The number of aliphatic hydroxyl groups excluding tert-OH is 1. The highest BCUT2D eigenvalue weighted by Gasteiger charge is 2.46. The van der Waals surface area contributed by atoms with E-state index in [0.717, 1.165) is 19.6 Å². The SMILES string of the molecule is COC(=O)c1[nH]c(C)c(/C(O)=C2/C(=O)C(=O)N(CCCN3CCOCC3)C2c2ccncc2)c1C. The highest BCUT2D eigenvalue weighted by molar-refractivity contribution is 6.46. The second-order valence-corrected chi connectivity index (χ2v) is 8.70. The Morgan fingerprint density at radius 3 is 2.54 bits per heavy atom. The van der Waals surface area contributed by atoms with E-state index < -0.39 is 23.7 Å². The number of aromatic amines is 1. The molecule has 2 aromatic heterocycles. The number of aliphatic hydroxyl groups is 1.